The minimum Gasteiger partial charge on any atom is -0.244 e. The van der Waals surface area contributed by atoms with Crippen molar-refractivity contribution in [3.63, 3.8) is 0 Å². The van der Waals surface area contributed by atoms with Crippen LogP contribution in [0.1, 0.15) is 18.1 Å². The molecule has 0 spiro atoms. The summed E-state index contributed by atoms with van der Waals surface area (Å²) in [5.41, 5.74) is 3.24. The van der Waals surface area contributed by atoms with E-state index in [4.69, 9.17) is 0 Å². The summed E-state index contributed by atoms with van der Waals surface area (Å²) < 4.78 is 18.4. The van der Waals surface area contributed by atoms with Crippen LogP contribution in [0.15, 0.2) is 106 Å². The van der Waals surface area contributed by atoms with Crippen LogP contribution in [0, 0.1) is 0 Å². The maximum Gasteiger partial charge on any atom is 0.0794 e. The summed E-state index contributed by atoms with van der Waals surface area (Å²) in [7, 11) is -2.53. The monoisotopic (exact) mass is 361 g/mol. The van der Waals surface area contributed by atoms with Gasteiger partial charge in [0.25, 0.3) is 0 Å². The van der Waals surface area contributed by atoms with E-state index in [-0.39, 0.29) is 0 Å². The molecule has 3 aromatic rings. The van der Waals surface area contributed by atoms with Gasteiger partial charge in [0.1, 0.15) is 0 Å². The second-order valence-corrected chi connectivity index (χ2v) is 8.57. The molecular formula is C23H23NOS. The zero-order chi connectivity index (χ0) is 18.2. The molecule has 0 aliphatic carbocycles. The zero-order valence-corrected chi connectivity index (χ0v) is 15.7. The molecule has 0 bridgehead atoms. The van der Waals surface area contributed by atoms with Gasteiger partial charge in [-0.15, -0.1) is 0 Å². The fourth-order valence-corrected chi connectivity index (χ4v) is 4.83. The number of benzene rings is 3. The van der Waals surface area contributed by atoms with E-state index in [0.29, 0.717) is 12.3 Å². The van der Waals surface area contributed by atoms with E-state index < -0.39 is 9.73 Å². The van der Waals surface area contributed by atoms with Crippen LogP contribution in [-0.4, -0.2) is 9.96 Å². The maximum absolute atomic E-state index is 13.8. The third-order valence-electron chi connectivity index (χ3n) is 4.05. The Morgan fingerprint density at radius 2 is 1.38 bits per heavy atom. The van der Waals surface area contributed by atoms with E-state index in [9.17, 15) is 4.21 Å². The molecule has 0 N–H and O–H groups in total. The summed E-state index contributed by atoms with van der Waals surface area (Å²) >= 11 is 0. The average molecular weight is 362 g/mol. The van der Waals surface area contributed by atoms with Gasteiger partial charge in [-0.25, -0.2) is 8.57 Å². The minimum absolute atomic E-state index is 0.429. The third-order valence-corrected chi connectivity index (χ3v) is 6.45. The Morgan fingerprint density at radius 1 is 0.846 bits per heavy atom. The zero-order valence-electron chi connectivity index (χ0n) is 14.9. The first-order valence-corrected chi connectivity index (χ1v) is 10.4. The van der Waals surface area contributed by atoms with Gasteiger partial charge in [-0.2, -0.15) is 0 Å². The fourth-order valence-electron chi connectivity index (χ4n) is 2.78. The van der Waals surface area contributed by atoms with Crippen LogP contribution < -0.4 is 0 Å². The molecule has 3 aromatic carbocycles. The molecule has 0 saturated heterocycles. The van der Waals surface area contributed by atoms with E-state index in [1.807, 2.05) is 85.8 Å². The lowest BCUT2D eigenvalue weighted by Gasteiger charge is -2.12. The summed E-state index contributed by atoms with van der Waals surface area (Å²) in [5, 5.41) is 0. The molecule has 0 amide bonds. The second kappa shape index (κ2) is 8.63. The first-order valence-electron chi connectivity index (χ1n) is 8.67. The lowest BCUT2D eigenvalue weighted by Crippen LogP contribution is -2.08. The van der Waals surface area contributed by atoms with Gasteiger partial charge in [0.2, 0.25) is 0 Å². The van der Waals surface area contributed by atoms with Gasteiger partial charge in [-0.05, 0) is 30.2 Å². The van der Waals surface area contributed by atoms with E-state index in [0.717, 1.165) is 21.6 Å². The largest absolute Gasteiger partial charge is 0.244 e. The van der Waals surface area contributed by atoms with E-state index in [1.54, 1.807) is 0 Å². The topological polar surface area (TPSA) is 29.4 Å². The van der Waals surface area contributed by atoms with Crippen molar-refractivity contribution >= 4 is 15.8 Å². The summed E-state index contributed by atoms with van der Waals surface area (Å²) in [6.07, 6.45) is 2.08. The smallest absolute Gasteiger partial charge is 0.0794 e. The van der Waals surface area contributed by atoms with Crippen molar-refractivity contribution < 1.29 is 4.21 Å². The maximum atomic E-state index is 13.8. The highest BCUT2D eigenvalue weighted by Crippen LogP contribution is 2.19. The van der Waals surface area contributed by atoms with Crippen molar-refractivity contribution in [2.45, 2.75) is 18.4 Å². The number of hydrogen-bond acceptors (Lipinski definition) is 2. The molecule has 0 aliphatic heterocycles. The lowest BCUT2D eigenvalue weighted by molar-refractivity contribution is 0.675. The van der Waals surface area contributed by atoms with Crippen LogP contribution in [0.3, 0.4) is 0 Å². The first-order chi connectivity index (χ1) is 12.7. The Bertz CT molecular complexity index is 970. The van der Waals surface area contributed by atoms with Crippen LogP contribution in [0.25, 0.3) is 6.08 Å². The summed E-state index contributed by atoms with van der Waals surface area (Å²) in [4.78, 5) is 0.789. The summed E-state index contributed by atoms with van der Waals surface area (Å²) in [5.74, 6) is 0.429. The second-order valence-electron chi connectivity index (χ2n) is 6.27. The molecule has 0 aliphatic rings. The predicted molar refractivity (Wildman–Crippen MR) is 110 cm³/mol. The highest BCUT2D eigenvalue weighted by atomic mass is 32.2. The highest BCUT2D eigenvalue weighted by Gasteiger charge is 2.13. The van der Waals surface area contributed by atoms with Gasteiger partial charge in [0.15, 0.2) is 0 Å². The molecule has 3 heteroatoms. The molecule has 0 radical (unpaired) electrons. The van der Waals surface area contributed by atoms with E-state index in [2.05, 4.69) is 22.6 Å². The minimum atomic E-state index is -2.53. The van der Waals surface area contributed by atoms with Crippen molar-refractivity contribution in [1.29, 1.82) is 0 Å². The van der Waals surface area contributed by atoms with Crippen molar-refractivity contribution in [1.82, 2.24) is 0 Å². The molecule has 132 valence electrons. The standard InChI is InChI=1S/C23H23NOS/c1-20(17-21-11-5-2-6-12-21)19-26(25,23-15-9-4-10-16-23)24-18-22-13-7-3-8-14-22/h2-17H,18-19H2,1H3/b20-17+. The quantitative estimate of drug-likeness (QED) is 0.544. The van der Waals surface area contributed by atoms with Crippen molar-refractivity contribution in [2.24, 2.45) is 4.36 Å². The van der Waals surface area contributed by atoms with Gasteiger partial charge >= 0.3 is 0 Å². The molecule has 0 fully saturated rings. The van der Waals surface area contributed by atoms with Crippen LogP contribution in [0.5, 0.6) is 0 Å². The van der Waals surface area contributed by atoms with E-state index >= 15 is 0 Å². The molecule has 1 atom stereocenters. The Labute approximate surface area is 156 Å². The summed E-state index contributed by atoms with van der Waals surface area (Å²) in [6, 6.07) is 29.7. The normalized spacial score (nSPS) is 13.8. The van der Waals surface area contributed by atoms with Crippen molar-refractivity contribution in [3.8, 4) is 0 Å². The SMILES string of the molecule is C/C(=C\c1ccccc1)CS(=O)(=NCc1ccccc1)c1ccccc1. The molecule has 2 nitrogen and oxygen atoms in total. The Hall–Kier alpha value is -2.65. The van der Waals surface area contributed by atoms with Gasteiger partial charge in [0, 0.05) is 4.90 Å². The average Bonchev–Trinajstić information content (AvgIpc) is 2.69. The molecule has 1 unspecified atom stereocenters. The molecule has 26 heavy (non-hydrogen) atoms. The Morgan fingerprint density at radius 3 is 2.00 bits per heavy atom. The lowest BCUT2D eigenvalue weighted by atomic mass is 10.1. The van der Waals surface area contributed by atoms with E-state index in [1.165, 1.54) is 0 Å². The van der Waals surface area contributed by atoms with Gasteiger partial charge in [-0.3, -0.25) is 0 Å². The predicted octanol–water partition coefficient (Wildman–Crippen LogP) is 5.82. The Kier molecular flexibility index (Phi) is 6.03. The molecule has 0 heterocycles. The van der Waals surface area contributed by atoms with Crippen LogP contribution in [0.2, 0.25) is 0 Å². The molecular weight excluding hydrogens is 338 g/mol. The van der Waals surface area contributed by atoms with Crippen molar-refractivity contribution in [2.75, 3.05) is 5.75 Å². The third kappa shape index (κ3) is 4.93. The van der Waals surface area contributed by atoms with Crippen LogP contribution in [0.4, 0.5) is 0 Å². The van der Waals surface area contributed by atoms with Crippen LogP contribution >= 0.6 is 0 Å². The molecule has 0 aromatic heterocycles. The highest BCUT2D eigenvalue weighted by molar-refractivity contribution is 7.93. The number of rotatable bonds is 6. The van der Waals surface area contributed by atoms with Gasteiger partial charge < -0.3 is 0 Å². The van der Waals surface area contributed by atoms with Crippen molar-refractivity contribution in [3.05, 3.63) is 108 Å². The first kappa shape index (κ1) is 18.2. The van der Waals surface area contributed by atoms with Gasteiger partial charge in [0.05, 0.1) is 22.0 Å². The van der Waals surface area contributed by atoms with Gasteiger partial charge in [-0.1, -0.05) is 90.5 Å². The number of nitrogens with zero attached hydrogens (tertiary/aromatic N) is 1. The van der Waals surface area contributed by atoms with Crippen LogP contribution in [-0.2, 0) is 16.3 Å². The molecule has 3 rings (SSSR count). The Balaban J connectivity index is 1.93. The number of hydrogen-bond donors (Lipinski definition) is 0. The molecule has 0 saturated carbocycles. The summed E-state index contributed by atoms with van der Waals surface area (Å²) in [6.45, 7) is 2.47. The fraction of sp³-hybridized carbons (Fsp3) is 0.130.